The smallest absolute Gasteiger partial charge is 0.274 e. The van der Waals surface area contributed by atoms with Gasteiger partial charge in [-0.3, -0.25) is 4.79 Å². The molecule has 1 amide bonds. The van der Waals surface area contributed by atoms with E-state index in [9.17, 15) is 14.3 Å². The first-order chi connectivity index (χ1) is 11.9. The molecule has 2 aromatic rings. The first-order valence-electron chi connectivity index (χ1n) is 6.67. The number of nitriles is 1. The summed E-state index contributed by atoms with van der Waals surface area (Å²) in [6.45, 7) is 0. The summed E-state index contributed by atoms with van der Waals surface area (Å²) in [5, 5.41) is 22.3. The number of amides is 1. The van der Waals surface area contributed by atoms with Gasteiger partial charge in [0.25, 0.3) is 5.91 Å². The first kappa shape index (κ1) is 18.9. The Balaban J connectivity index is 2.20. The highest BCUT2D eigenvalue weighted by atomic mass is 79.9. The highest BCUT2D eigenvalue weighted by molar-refractivity contribution is 9.13. The van der Waals surface area contributed by atoms with Gasteiger partial charge in [-0.25, -0.2) is 9.82 Å². The molecule has 0 radical (unpaired) electrons. The summed E-state index contributed by atoms with van der Waals surface area (Å²) in [6, 6.07) is 6.79. The van der Waals surface area contributed by atoms with Gasteiger partial charge in [-0.15, -0.1) is 0 Å². The number of rotatable bonds is 4. The molecule has 0 aliphatic carbocycles. The van der Waals surface area contributed by atoms with Crippen LogP contribution in [0.3, 0.4) is 0 Å². The van der Waals surface area contributed by atoms with Crippen molar-refractivity contribution in [3.8, 4) is 17.6 Å². The van der Waals surface area contributed by atoms with E-state index in [2.05, 4.69) is 42.4 Å². The normalized spacial score (nSPS) is 10.5. The lowest BCUT2D eigenvalue weighted by atomic mass is 10.1. The molecule has 0 saturated heterocycles. The van der Waals surface area contributed by atoms with Gasteiger partial charge >= 0.3 is 0 Å². The van der Waals surface area contributed by atoms with Crippen LogP contribution in [0.15, 0.2) is 38.3 Å². The number of phenolic OH excluding ortho intramolecular Hbond substituents is 1. The number of carbonyl (C=O) groups is 1. The molecule has 0 bridgehead atoms. The fraction of sp³-hybridized carbons (Fsp3) is 0.0625. The Labute approximate surface area is 159 Å². The third-order valence-corrected chi connectivity index (χ3v) is 5.26. The Morgan fingerprint density at radius 1 is 1.40 bits per heavy atom. The second-order valence-electron chi connectivity index (χ2n) is 4.65. The van der Waals surface area contributed by atoms with Crippen molar-refractivity contribution in [2.45, 2.75) is 0 Å². The number of ether oxygens (including phenoxy) is 1. The SMILES string of the molecule is COc1cc(/C=N\NC(=O)c2ccc(C#N)cc2F)c(Br)c(Br)c1O. The maximum atomic E-state index is 13.8. The highest BCUT2D eigenvalue weighted by Crippen LogP contribution is 2.41. The van der Waals surface area contributed by atoms with Gasteiger partial charge in [0, 0.05) is 10.0 Å². The van der Waals surface area contributed by atoms with Crippen LogP contribution in [0.4, 0.5) is 4.39 Å². The third-order valence-electron chi connectivity index (χ3n) is 3.11. The molecular weight excluding hydrogens is 461 g/mol. The van der Waals surface area contributed by atoms with Gasteiger partial charge in [0.1, 0.15) is 5.82 Å². The first-order valence-corrected chi connectivity index (χ1v) is 8.25. The monoisotopic (exact) mass is 469 g/mol. The Kier molecular flexibility index (Phi) is 6.12. The third kappa shape index (κ3) is 4.15. The predicted octanol–water partition coefficient (Wildman–Crippen LogP) is 3.70. The summed E-state index contributed by atoms with van der Waals surface area (Å²) in [5.74, 6) is -1.46. The minimum absolute atomic E-state index is 0.0878. The molecule has 0 heterocycles. The molecule has 6 nitrogen and oxygen atoms in total. The van der Waals surface area contributed by atoms with E-state index in [1.54, 1.807) is 6.07 Å². The molecule has 0 aromatic heterocycles. The highest BCUT2D eigenvalue weighted by Gasteiger charge is 2.14. The Morgan fingerprint density at radius 3 is 2.72 bits per heavy atom. The molecule has 128 valence electrons. The van der Waals surface area contributed by atoms with Crippen LogP contribution < -0.4 is 10.2 Å². The number of methoxy groups -OCH3 is 1. The van der Waals surface area contributed by atoms with Crippen molar-refractivity contribution in [3.63, 3.8) is 0 Å². The number of benzene rings is 2. The molecule has 25 heavy (non-hydrogen) atoms. The quantitative estimate of drug-likeness (QED) is 0.526. The van der Waals surface area contributed by atoms with Crippen LogP contribution in [0.1, 0.15) is 21.5 Å². The van der Waals surface area contributed by atoms with E-state index in [0.717, 1.165) is 6.07 Å². The molecule has 2 aromatic carbocycles. The van der Waals surface area contributed by atoms with Crippen molar-refractivity contribution in [2.24, 2.45) is 5.10 Å². The molecular formula is C16H10Br2FN3O3. The standard InChI is InChI=1S/C16H10Br2FN3O3/c1-25-12-5-9(13(17)14(18)15(12)23)7-21-22-16(24)10-3-2-8(6-20)4-11(10)19/h2-5,7,23H,1H3,(H,22,24)/b21-7-. The number of nitrogens with one attached hydrogen (secondary N) is 1. The molecule has 0 atom stereocenters. The molecule has 0 saturated carbocycles. The molecule has 0 aliphatic rings. The van der Waals surface area contributed by atoms with E-state index in [-0.39, 0.29) is 22.6 Å². The zero-order valence-corrected chi connectivity index (χ0v) is 15.9. The van der Waals surface area contributed by atoms with Crippen LogP contribution in [0.2, 0.25) is 0 Å². The average Bonchev–Trinajstić information content (AvgIpc) is 2.61. The van der Waals surface area contributed by atoms with Gasteiger partial charge in [0.2, 0.25) is 0 Å². The summed E-state index contributed by atoms with van der Waals surface area (Å²) in [6.07, 6.45) is 1.30. The van der Waals surface area contributed by atoms with Crippen LogP contribution in [0.25, 0.3) is 0 Å². The van der Waals surface area contributed by atoms with Crippen molar-refractivity contribution in [1.29, 1.82) is 5.26 Å². The Hall–Kier alpha value is -2.44. The van der Waals surface area contributed by atoms with Gasteiger partial charge in [-0.05, 0) is 56.1 Å². The maximum absolute atomic E-state index is 13.8. The zero-order chi connectivity index (χ0) is 18.6. The van der Waals surface area contributed by atoms with E-state index in [1.807, 2.05) is 0 Å². The average molecular weight is 471 g/mol. The Bertz CT molecular complexity index is 910. The topological polar surface area (TPSA) is 94.7 Å². The zero-order valence-electron chi connectivity index (χ0n) is 12.7. The van der Waals surface area contributed by atoms with Crippen molar-refractivity contribution >= 4 is 44.0 Å². The molecule has 0 aliphatic heterocycles. The van der Waals surface area contributed by atoms with Crippen LogP contribution >= 0.6 is 31.9 Å². The minimum atomic E-state index is -0.818. The van der Waals surface area contributed by atoms with Crippen molar-refractivity contribution in [3.05, 3.63) is 55.7 Å². The molecule has 9 heteroatoms. The number of aromatic hydroxyl groups is 1. The second kappa shape index (κ2) is 8.09. The minimum Gasteiger partial charge on any atom is -0.503 e. The Morgan fingerprint density at radius 2 is 2.12 bits per heavy atom. The number of halogens is 3. The van der Waals surface area contributed by atoms with E-state index in [0.29, 0.717) is 14.5 Å². The van der Waals surface area contributed by atoms with E-state index >= 15 is 0 Å². The van der Waals surface area contributed by atoms with Gasteiger partial charge in [-0.2, -0.15) is 10.4 Å². The number of nitrogens with zero attached hydrogens (tertiary/aromatic N) is 2. The van der Waals surface area contributed by atoms with Crippen LogP contribution in [-0.4, -0.2) is 24.3 Å². The van der Waals surface area contributed by atoms with Crippen molar-refractivity contribution in [1.82, 2.24) is 5.43 Å². The van der Waals surface area contributed by atoms with E-state index in [4.69, 9.17) is 10.00 Å². The van der Waals surface area contributed by atoms with Crippen LogP contribution in [0.5, 0.6) is 11.5 Å². The van der Waals surface area contributed by atoms with Crippen LogP contribution in [0, 0.1) is 17.1 Å². The predicted molar refractivity (Wildman–Crippen MR) is 96.2 cm³/mol. The molecule has 2 rings (SSSR count). The maximum Gasteiger partial charge on any atom is 0.274 e. The number of phenols is 1. The lowest BCUT2D eigenvalue weighted by Crippen LogP contribution is -2.19. The molecule has 0 spiro atoms. The van der Waals surface area contributed by atoms with E-state index in [1.165, 1.54) is 31.5 Å². The fourth-order valence-electron chi connectivity index (χ4n) is 1.85. The van der Waals surface area contributed by atoms with Gasteiger partial charge in [0.05, 0.1) is 35.0 Å². The second-order valence-corrected chi connectivity index (χ2v) is 6.24. The van der Waals surface area contributed by atoms with Gasteiger partial charge < -0.3 is 9.84 Å². The number of hydrogen-bond acceptors (Lipinski definition) is 5. The number of hydrogen-bond donors (Lipinski definition) is 2. The fourth-order valence-corrected chi connectivity index (χ4v) is 2.68. The number of carbonyl (C=O) groups excluding carboxylic acids is 1. The lowest BCUT2D eigenvalue weighted by molar-refractivity contribution is 0.0951. The largest absolute Gasteiger partial charge is 0.503 e. The molecule has 2 N–H and O–H groups in total. The summed E-state index contributed by atoms with van der Waals surface area (Å²) in [7, 11) is 1.39. The summed E-state index contributed by atoms with van der Waals surface area (Å²) in [5.41, 5.74) is 2.57. The van der Waals surface area contributed by atoms with E-state index < -0.39 is 11.7 Å². The van der Waals surface area contributed by atoms with Crippen molar-refractivity contribution in [2.75, 3.05) is 7.11 Å². The summed E-state index contributed by atoms with van der Waals surface area (Å²) >= 11 is 6.48. The molecule has 0 fully saturated rings. The summed E-state index contributed by atoms with van der Waals surface area (Å²) in [4.78, 5) is 12.0. The van der Waals surface area contributed by atoms with Gasteiger partial charge in [-0.1, -0.05) is 0 Å². The van der Waals surface area contributed by atoms with Crippen LogP contribution in [-0.2, 0) is 0 Å². The van der Waals surface area contributed by atoms with Gasteiger partial charge in [0.15, 0.2) is 11.5 Å². The van der Waals surface area contributed by atoms with Crippen molar-refractivity contribution < 1.29 is 19.0 Å². The molecule has 0 unspecified atom stereocenters. The number of hydrazone groups is 1. The summed E-state index contributed by atoms with van der Waals surface area (Å²) < 4.78 is 19.7. The lowest BCUT2D eigenvalue weighted by Gasteiger charge is -2.09.